The predicted octanol–water partition coefficient (Wildman–Crippen LogP) is 5.00. The summed E-state index contributed by atoms with van der Waals surface area (Å²) in [5.74, 6) is -1.12. The Morgan fingerprint density at radius 1 is 1.00 bits per heavy atom. The number of methoxy groups -OCH3 is 1. The highest BCUT2D eigenvalue weighted by atomic mass is 32.2. The van der Waals surface area contributed by atoms with Crippen molar-refractivity contribution in [3.8, 4) is 17.4 Å². The summed E-state index contributed by atoms with van der Waals surface area (Å²) < 4.78 is 46.1. The second-order valence-electron chi connectivity index (χ2n) is 16.7. The molecule has 3 saturated carbocycles. The van der Waals surface area contributed by atoms with E-state index in [9.17, 15) is 27.6 Å². The van der Waals surface area contributed by atoms with Gasteiger partial charge in [-0.25, -0.2) is 13.4 Å². The molecule has 2 aliphatic heterocycles. The molecule has 0 bridgehead atoms. The monoisotopic (exact) mass is 833 g/mol. The Morgan fingerprint density at radius 2 is 1.79 bits per heavy atom. The molecule has 5 atom stereocenters. The number of fused-ring (bicyclic) bond motifs is 3. The van der Waals surface area contributed by atoms with Gasteiger partial charge in [0.1, 0.15) is 41.3 Å². The second-order valence-corrected chi connectivity index (χ2v) is 20.2. The lowest BCUT2D eigenvalue weighted by atomic mass is 10.0. The maximum absolute atomic E-state index is 14.8. The Morgan fingerprint density at radius 3 is 2.50 bits per heavy atom. The lowest BCUT2D eigenvalue weighted by molar-refractivity contribution is -0.141. The summed E-state index contributed by atoms with van der Waals surface area (Å²) in [6.07, 6.45) is 9.54. The van der Waals surface area contributed by atoms with Crippen LogP contribution < -0.4 is 29.6 Å². The number of benzene rings is 1. The van der Waals surface area contributed by atoms with E-state index in [4.69, 9.17) is 19.2 Å². The summed E-state index contributed by atoms with van der Waals surface area (Å²) in [7, 11) is -2.40. The molecule has 4 amide bonds. The SMILES string of the molecule is COc1ccc2c(O[C@@H]3C[C@H]4C(=O)N[C@]5(C(=O)NS(=O)(=O)C6(C)CC6)C[C@H]5/C=C\CCCCC[C@H](NC(=O)c5ccc(C)s5)C(=O)N4C3)cc(OC3CC3)nc2c1C. The molecule has 0 spiro atoms. The van der Waals surface area contributed by atoms with Crippen LogP contribution in [0, 0.1) is 19.8 Å². The Balaban J connectivity index is 1.13. The first-order chi connectivity index (χ1) is 27.7. The van der Waals surface area contributed by atoms with E-state index in [1.807, 2.05) is 44.2 Å². The standard InChI is InChI=1S/C42H51N5O9S2/c1-24-12-17-34(57-24)38(49)43-30-11-9-7-5-6-8-10-26-22-42(26,40(51)46-58(52,53)41(3)18-19-41)45-37(48)31-20-28(23-47(31)39(30)50)55-33-21-35(56-27-13-14-27)44-36-25(2)32(54-4)16-15-29(33)36/h8,10,12,15-17,21,26-28,30-31H,5-7,9,11,13-14,18-20,22-23H2,1-4H3,(H,43,49)(H,45,48)(H,46,51)/b10-8-/t26-,28-,30+,31+,42-/m1/s1. The van der Waals surface area contributed by atoms with Gasteiger partial charge in [0.2, 0.25) is 27.7 Å². The van der Waals surface area contributed by atoms with Gasteiger partial charge >= 0.3 is 0 Å². The Bertz CT molecular complexity index is 2280. The van der Waals surface area contributed by atoms with Crippen molar-refractivity contribution in [2.24, 2.45) is 5.92 Å². The van der Waals surface area contributed by atoms with Crippen molar-refractivity contribution in [2.45, 2.75) is 126 Å². The smallest absolute Gasteiger partial charge is 0.262 e. The minimum atomic E-state index is -3.99. The number of ether oxygens (including phenoxy) is 3. The number of pyridine rings is 1. The minimum absolute atomic E-state index is 0.00836. The van der Waals surface area contributed by atoms with Crippen LogP contribution in [0.4, 0.5) is 0 Å². The first-order valence-electron chi connectivity index (χ1n) is 20.3. The number of nitrogens with zero attached hydrogens (tertiary/aromatic N) is 2. The van der Waals surface area contributed by atoms with Gasteiger partial charge in [0.05, 0.1) is 28.8 Å². The molecule has 3 aromatic rings. The van der Waals surface area contributed by atoms with Gasteiger partial charge in [-0.1, -0.05) is 25.0 Å². The first-order valence-corrected chi connectivity index (χ1v) is 22.5. The van der Waals surface area contributed by atoms with E-state index in [2.05, 4.69) is 15.4 Å². The van der Waals surface area contributed by atoms with E-state index < -0.39 is 62.1 Å². The third kappa shape index (κ3) is 8.01. The number of aromatic nitrogens is 1. The summed E-state index contributed by atoms with van der Waals surface area (Å²) in [6.45, 7) is 5.42. The molecule has 58 heavy (non-hydrogen) atoms. The fraction of sp³-hybridized carbons (Fsp3) is 0.548. The molecular formula is C42H51N5O9S2. The van der Waals surface area contributed by atoms with Crippen LogP contribution in [0.2, 0.25) is 0 Å². The molecule has 4 heterocycles. The van der Waals surface area contributed by atoms with Crippen LogP contribution in [0.15, 0.2) is 42.5 Å². The van der Waals surface area contributed by atoms with Crippen molar-refractivity contribution < 1.29 is 41.8 Å². The van der Waals surface area contributed by atoms with Gasteiger partial charge in [0.15, 0.2) is 0 Å². The average Bonchev–Trinajstić information content (AvgIpc) is 4.15. The summed E-state index contributed by atoms with van der Waals surface area (Å²) >= 11 is 1.33. The van der Waals surface area contributed by atoms with E-state index in [0.29, 0.717) is 65.3 Å². The van der Waals surface area contributed by atoms with Crippen LogP contribution in [0.3, 0.4) is 0 Å². The van der Waals surface area contributed by atoms with Gasteiger partial charge in [0, 0.05) is 34.2 Å². The molecule has 14 nitrogen and oxygen atoms in total. The number of allylic oxidation sites excluding steroid dienone is 1. The number of sulfonamides is 1. The first kappa shape index (κ1) is 40.1. The topological polar surface area (TPSA) is 182 Å². The molecule has 3 aliphatic carbocycles. The molecule has 0 unspecified atom stereocenters. The molecule has 3 N–H and O–H groups in total. The van der Waals surface area contributed by atoms with Gasteiger partial charge in [0.25, 0.3) is 11.8 Å². The van der Waals surface area contributed by atoms with Crippen molar-refractivity contribution in [3.05, 3.63) is 57.8 Å². The second kappa shape index (κ2) is 15.5. The zero-order chi connectivity index (χ0) is 41.0. The van der Waals surface area contributed by atoms with E-state index in [1.54, 1.807) is 26.2 Å². The number of rotatable bonds is 10. The summed E-state index contributed by atoms with van der Waals surface area (Å²) in [4.78, 5) is 64.5. The molecule has 0 radical (unpaired) electrons. The number of carbonyl (C=O) groups excluding carboxylic acids is 4. The highest BCUT2D eigenvalue weighted by molar-refractivity contribution is 7.91. The molecule has 1 saturated heterocycles. The van der Waals surface area contributed by atoms with Crippen LogP contribution in [-0.2, 0) is 24.4 Å². The van der Waals surface area contributed by atoms with Crippen molar-refractivity contribution in [1.29, 1.82) is 0 Å². The molecule has 2 aromatic heterocycles. The highest BCUT2D eigenvalue weighted by Gasteiger charge is 2.63. The lowest BCUT2D eigenvalue weighted by Crippen LogP contribution is -2.58. The number of hydrogen-bond acceptors (Lipinski definition) is 11. The molecule has 5 aliphatic rings. The number of aryl methyl sites for hydroxylation is 2. The summed E-state index contributed by atoms with van der Waals surface area (Å²) in [5.41, 5.74) is -0.0813. The van der Waals surface area contributed by atoms with Crippen molar-refractivity contribution in [3.63, 3.8) is 0 Å². The summed E-state index contributed by atoms with van der Waals surface area (Å²) in [5, 5.41) is 6.60. The maximum atomic E-state index is 14.8. The molecule has 8 rings (SSSR count). The van der Waals surface area contributed by atoms with E-state index in [-0.39, 0.29) is 31.4 Å². The third-order valence-electron chi connectivity index (χ3n) is 12.2. The van der Waals surface area contributed by atoms with E-state index in [1.165, 1.54) is 16.2 Å². The maximum Gasteiger partial charge on any atom is 0.262 e. The van der Waals surface area contributed by atoms with Crippen molar-refractivity contribution in [1.82, 2.24) is 25.2 Å². The van der Waals surface area contributed by atoms with Crippen molar-refractivity contribution >= 4 is 55.9 Å². The van der Waals surface area contributed by atoms with Gasteiger partial charge in [-0.2, -0.15) is 0 Å². The van der Waals surface area contributed by atoms with Crippen molar-refractivity contribution in [2.75, 3.05) is 13.7 Å². The molecule has 16 heteroatoms. The van der Waals surface area contributed by atoms with Gasteiger partial charge in [-0.15, -0.1) is 11.3 Å². The van der Waals surface area contributed by atoms with E-state index >= 15 is 0 Å². The van der Waals surface area contributed by atoms with Crippen LogP contribution in [0.1, 0.15) is 97.7 Å². The molecule has 310 valence electrons. The quantitative estimate of drug-likeness (QED) is 0.235. The zero-order valence-corrected chi connectivity index (χ0v) is 34.9. The highest BCUT2D eigenvalue weighted by Crippen LogP contribution is 2.48. The predicted molar refractivity (Wildman–Crippen MR) is 217 cm³/mol. The van der Waals surface area contributed by atoms with E-state index in [0.717, 1.165) is 36.1 Å². The van der Waals surface area contributed by atoms with Gasteiger partial charge in [-0.05, 0) is 96.4 Å². The number of thiophene rings is 1. The lowest BCUT2D eigenvalue weighted by Gasteiger charge is -2.30. The fourth-order valence-electron chi connectivity index (χ4n) is 8.00. The summed E-state index contributed by atoms with van der Waals surface area (Å²) in [6, 6.07) is 6.97. The Kier molecular flexibility index (Phi) is 10.7. The molecule has 4 fully saturated rings. The number of amides is 4. The third-order valence-corrected chi connectivity index (χ3v) is 15.4. The molecular weight excluding hydrogens is 783 g/mol. The Labute approximate surface area is 342 Å². The zero-order valence-electron chi connectivity index (χ0n) is 33.3. The number of carbonyl (C=O) groups is 4. The largest absolute Gasteiger partial charge is 0.496 e. The average molecular weight is 834 g/mol. The Hall–Kier alpha value is -4.70. The van der Waals surface area contributed by atoms with Crippen LogP contribution in [-0.4, -0.2) is 90.2 Å². The van der Waals surface area contributed by atoms with Crippen LogP contribution in [0.25, 0.3) is 10.9 Å². The number of nitrogens with one attached hydrogen (secondary N) is 3. The minimum Gasteiger partial charge on any atom is -0.496 e. The van der Waals surface area contributed by atoms with Gasteiger partial charge in [-0.3, -0.25) is 23.9 Å². The normalized spacial score (nSPS) is 27.6. The van der Waals surface area contributed by atoms with Gasteiger partial charge < -0.3 is 29.7 Å². The molecule has 1 aromatic carbocycles. The van der Waals surface area contributed by atoms with Crippen LogP contribution >= 0.6 is 11.3 Å². The fourth-order valence-corrected chi connectivity index (χ4v) is 10.1. The number of hydrogen-bond donors (Lipinski definition) is 3. The van der Waals surface area contributed by atoms with Crippen LogP contribution in [0.5, 0.6) is 17.4 Å².